The van der Waals surface area contributed by atoms with Gasteiger partial charge in [0.2, 0.25) is 11.8 Å². The summed E-state index contributed by atoms with van der Waals surface area (Å²) in [5.41, 5.74) is 2.49. The zero-order valence-electron chi connectivity index (χ0n) is 24.6. The standard InChI is InChI=1S/C34H35Cl2N3O4S/c1-3-20-37-34(41)32(22-26-10-6-4-7-11-26)38(23-27-14-16-28(35)17-15-27)33(40)24-39(31-19-18-29(36)21-25(31)2)44(42,43)30-12-8-5-9-13-30/h4-19,21,32H,3,20,22-24H2,1-2H3,(H,37,41)/t32-/m1/s1. The maximum absolute atomic E-state index is 14.5. The van der Waals surface area contributed by atoms with Crippen molar-refractivity contribution in [3.05, 3.63) is 130 Å². The van der Waals surface area contributed by atoms with E-state index in [4.69, 9.17) is 23.2 Å². The number of anilines is 1. The minimum Gasteiger partial charge on any atom is -0.354 e. The van der Waals surface area contributed by atoms with Crippen LogP contribution in [-0.4, -0.2) is 44.3 Å². The van der Waals surface area contributed by atoms with E-state index in [9.17, 15) is 18.0 Å². The second-order valence-electron chi connectivity index (χ2n) is 10.4. The summed E-state index contributed by atoms with van der Waals surface area (Å²) in [6, 6.07) is 28.3. The van der Waals surface area contributed by atoms with Crippen molar-refractivity contribution in [2.75, 3.05) is 17.4 Å². The second kappa shape index (κ2) is 15.2. The fourth-order valence-electron chi connectivity index (χ4n) is 4.84. The summed E-state index contributed by atoms with van der Waals surface area (Å²) in [6.07, 6.45) is 0.953. The highest BCUT2D eigenvalue weighted by molar-refractivity contribution is 7.92. The van der Waals surface area contributed by atoms with Crippen LogP contribution < -0.4 is 9.62 Å². The molecule has 230 valence electrons. The molecule has 0 aliphatic heterocycles. The summed E-state index contributed by atoms with van der Waals surface area (Å²) in [5, 5.41) is 3.91. The van der Waals surface area contributed by atoms with Crippen LogP contribution in [0.1, 0.15) is 30.0 Å². The van der Waals surface area contributed by atoms with Crippen molar-refractivity contribution in [1.29, 1.82) is 0 Å². The van der Waals surface area contributed by atoms with Gasteiger partial charge in [-0.1, -0.05) is 90.8 Å². The Morgan fingerprint density at radius 2 is 1.43 bits per heavy atom. The topological polar surface area (TPSA) is 86.8 Å². The first kappa shape index (κ1) is 33.1. The van der Waals surface area contributed by atoms with Crippen molar-refractivity contribution in [2.45, 2.75) is 44.2 Å². The van der Waals surface area contributed by atoms with Crippen LogP contribution in [0, 0.1) is 6.92 Å². The lowest BCUT2D eigenvalue weighted by Crippen LogP contribution is -2.53. The van der Waals surface area contributed by atoms with Crippen molar-refractivity contribution < 1.29 is 18.0 Å². The zero-order valence-corrected chi connectivity index (χ0v) is 26.9. The van der Waals surface area contributed by atoms with Crippen LogP contribution in [0.25, 0.3) is 0 Å². The van der Waals surface area contributed by atoms with Crippen molar-refractivity contribution in [2.24, 2.45) is 0 Å². The Morgan fingerprint density at radius 3 is 2.05 bits per heavy atom. The van der Waals surface area contributed by atoms with Gasteiger partial charge in [0.15, 0.2) is 0 Å². The number of hydrogen-bond acceptors (Lipinski definition) is 4. The van der Waals surface area contributed by atoms with Crippen LogP contribution in [0.15, 0.2) is 108 Å². The number of halogens is 2. The molecule has 44 heavy (non-hydrogen) atoms. The van der Waals surface area contributed by atoms with Gasteiger partial charge in [-0.25, -0.2) is 8.42 Å². The molecule has 0 aliphatic carbocycles. The van der Waals surface area contributed by atoms with E-state index >= 15 is 0 Å². The Bertz CT molecular complexity index is 1670. The fourth-order valence-corrected chi connectivity index (χ4v) is 6.69. The SMILES string of the molecule is CCCNC(=O)[C@@H](Cc1ccccc1)N(Cc1ccc(Cl)cc1)C(=O)CN(c1ccc(Cl)cc1C)S(=O)(=O)c1ccccc1. The van der Waals surface area contributed by atoms with Crippen molar-refractivity contribution in [3.63, 3.8) is 0 Å². The maximum atomic E-state index is 14.5. The van der Waals surface area contributed by atoms with Gasteiger partial charge in [-0.05, 0) is 72.5 Å². The first-order valence-corrected chi connectivity index (χ1v) is 16.5. The normalized spacial score (nSPS) is 11.9. The van der Waals surface area contributed by atoms with Crippen molar-refractivity contribution in [1.82, 2.24) is 10.2 Å². The molecule has 7 nitrogen and oxygen atoms in total. The number of carbonyl (C=O) groups is 2. The predicted octanol–water partition coefficient (Wildman–Crippen LogP) is 6.66. The molecule has 1 atom stereocenters. The number of hydrogen-bond donors (Lipinski definition) is 1. The van der Waals surface area contributed by atoms with E-state index in [1.54, 1.807) is 67.6 Å². The number of sulfonamides is 1. The van der Waals surface area contributed by atoms with Crippen LogP contribution >= 0.6 is 23.2 Å². The molecule has 4 aromatic rings. The number of rotatable bonds is 13. The van der Waals surface area contributed by atoms with Gasteiger partial charge in [0.05, 0.1) is 10.6 Å². The molecule has 0 heterocycles. The molecule has 4 rings (SSSR count). The molecule has 0 saturated heterocycles. The van der Waals surface area contributed by atoms with Crippen LogP contribution in [0.2, 0.25) is 10.0 Å². The summed E-state index contributed by atoms with van der Waals surface area (Å²) in [6.45, 7) is 3.64. The molecule has 0 spiro atoms. The number of nitrogens with zero attached hydrogens (tertiary/aromatic N) is 2. The van der Waals surface area contributed by atoms with Gasteiger partial charge in [-0.15, -0.1) is 0 Å². The molecule has 0 bridgehead atoms. The Morgan fingerprint density at radius 1 is 0.818 bits per heavy atom. The lowest BCUT2D eigenvalue weighted by Gasteiger charge is -2.34. The molecule has 0 aromatic heterocycles. The minimum atomic E-state index is -4.19. The molecular formula is C34H35Cl2N3O4S. The highest BCUT2D eigenvalue weighted by Gasteiger charge is 2.35. The zero-order chi connectivity index (χ0) is 31.7. The average molecular weight is 653 g/mol. The first-order chi connectivity index (χ1) is 21.1. The van der Waals surface area contributed by atoms with Crippen molar-refractivity contribution >= 4 is 50.7 Å². The Balaban J connectivity index is 1.81. The summed E-state index contributed by atoms with van der Waals surface area (Å²) < 4.78 is 29.3. The van der Waals surface area contributed by atoms with E-state index in [2.05, 4.69) is 5.32 Å². The minimum absolute atomic E-state index is 0.0351. The molecule has 0 radical (unpaired) electrons. The van der Waals surface area contributed by atoms with Crippen molar-refractivity contribution in [3.8, 4) is 0 Å². The highest BCUT2D eigenvalue weighted by Crippen LogP contribution is 2.29. The van der Waals surface area contributed by atoms with Gasteiger partial charge in [0.25, 0.3) is 10.0 Å². The van der Waals surface area contributed by atoms with Crippen LogP contribution in [0.5, 0.6) is 0 Å². The Labute approximate surface area is 269 Å². The number of benzene rings is 4. The number of amides is 2. The fraction of sp³-hybridized carbons (Fsp3) is 0.235. The molecule has 2 amide bonds. The average Bonchev–Trinajstić information content (AvgIpc) is 3.02. The van der Waals surface area contributed by atoms with Gasteiger partial charge >= 0.3 is 0 Å². The van der Waals surface area contributed by atoms with Gasteiger partial charge in [0.1, 0.15) is 12.6 Å². The van der Waals surface area contributed by atoms with Gasteiger partial charge < -0.3 is 10.2 Å². The van der Waals surface area contributed by atoms with E-state index < -0.39 is 28.5 Å². The number of nitrogens with one attached hydrogen (secondary N) is 1. The van der Waals surface area contributed by atoms with E-state index in [1.165, 1.54) is 17.0 Å². The molecule has 0 fully saturated rings. The monoisotopic (exact) mass is 651 g/mol. The van der Waals surface area contributed by atoms with Crippen LogP contribution in [0.3, 0.4) is 0 Å². The summed E-state index contributed by atoms with van der Waals surface area (Å²) in [5.74, 6) is -0.862. The lowest BCUT2D eigenvalue weighted by atomic mass is 10.0. The second-order valence-corrected chi connectivity index (χ2v) is 13.1. The van der Waals surface area contributed by atoms with Gasteiger partial charge in [0, 0.05) is 29.6 Å². The molecule has 10 heteroatoms. The lowest BCUT2D eigenvalue weighted by molar-refractivity contribution is -0.140. The van der Waals surface area contributed by atoms with Gasteiger partial charge in [-0.2, -0.15) is 0 Å². The third-order valence-electron chi connectivity index (χ3n) is 7.12. The molecule has 1 N–H and O–H groups in total. The molecule has 4 aromatic carbocycles. The number of carbonyl (C=O) groups excluding carboxylic acids is 2. The van der Waals surface area contributed by atoms with E-state index in [1.807, 2.05) is 37.3 Å². The third kappa shape index (κ3) is 8.40. The largest absolute Gasteiger partial charge is 0.354 e. The van der Waals surface area contributed by atoms with Crippen LogP contribution in [-0.2, 0) is 32.6 Å². The summed E-state index contributed by atoms with van der Waals surface area (Å²) in [7, 11) is -4.19. The summed E-state index contributed by atoms with van der Waals surface area (Å²) >= 11 is 12.3. The smallest absolute Gasteiger partial charge is 0.264 e. The number of aryl methyl sites for hydroxylation is 1. The maximum Gasteiger partial charge on any atom is 0.264 e. The molecular weight excluding hydrogens is 617 g/mol. The molecule has 0 saturated carbocycles. The third-order valence-corrected chi connectivity index (χ3v) is 9.39. The van der Waals surface area contributed by atoms with E-state index in [-0.39, 0.29) is 23.8 Å². The first-order valence-electron chi connectivity index (χ1n) is 14.3. The highest BCUT2D eigenvalue weighted by atomic mass is 35.5. The van der Waals surface area contributed by atoms with Crippen LogP contribution in [0.4, 0.5) is 5.69 Å². The molecule has 0 aliphatic rings. The van der Waals surface area contributed by atoms with Gasteiger partial charge in [-0.3, -0.25) is 13.9 Å². The molecule has 0 unspecified atom stereocenters. The predicted molar refractivity (Wildman–Crippen MR) is 176 cm³/mol. The quantitative estimate of drug-likeness (QED) is 0.175. The van der Waals surface area contributed by atoms with E-state index in [0.29, 0.717) is 34.3 Å². The Hall–Kier alpha value is -3.85. The summed E-state index contributed by atoms with van der Waals surface area (Å²) in [4.78, 5) is 29.6. The Kier molecular flexibility index (Phi) is 11.4. The van der Waals surface area contributed by atoms with E-state index in [0.717, 1.165) is 15.4 Å².